The Hall–Kier alpha value is -1.37. The van der Waals surface area contributed by atoms with Crippen molar-refractivity contribution in [2.45, 2.75) is 6.92 Å². The lowest BCUT2D eigenvalue weighted by atomic mass is 10.1. The van der Waals surface area contributed by atoms with E-state index in [1.54, 1.807) is 6.07 Å². The molecule has 0 bridgehead atoms. The van der Waals surface area contributed by atoms with Gasteiger partial charge in [-0.05, 0) is 18.6 Å². The zero-order valence-electron chi connectivity index (χ0n) is 6.45. The SMILES string of the molecule is C/C=C/c1cccc(C=O)c1. The fraction of sp³-hybridized carbons (Fsp3) is 0.100. The largest absolute Gasteiger partial charge is 0.298 e. The van der Waals surface area contributed by atoms with Gasteiger partial charge >= 0.3 is 0 Å². The predicted molar refractivity (Wildman–Crippen MR) is 46.5 cm³/mol. The molecule has 56 valence electrons. The van der Waals surface area contributed by atoms with Crippen molar-refractivity contribution in [2.75, 3.05) is 0 Å². The van der Waals surface area contributed by atoms with Gasteiger partial charge < -0.3 is 0 Å². The quantitative estimate of drug-likeness (QED) is 0.586. The molecule has 0 aliphatic rings. The summed E-state index contributed by atoms with van der Waals surface area (Å²) < 4.78 is 0. The van der Waals surface area contributed by atoms with Crippen molar-refractivity contribution in [2.24, 2.45) is 0 Å². The third kappa shape index (κ3) is 2.04. The van der Waals surface area contributed by atoms with Gasteiger partial charge in [-0.15, -0.1) is 0 Å². The van der Waals surface area contributed by atoms with Gasteiger partial charge in [0.2, 0.25) is 0 Å². The van der Waals surface area contributed by atoms with E-state index >= 15 is 0 Å². The Labute approximate surface area is 66.4 Å². The van der Waals surface area contributed by atoms with Crippen LogP contribution in [-0.4, -0.2) is 6.29 Å². The zero-order valence-corrected chi connectivity index (χ0v) is 6.45. The minimum atomic E-state index is 0.723. The molecule has 0 aliphatic carbocycles. The highest BCUT2D eigenvalue weighted by molar-refractivity contribution is 5.76. The van der Waals surface area contributed by atoms with E-state index in [9.17, 15) is 4.79 Å². The summed E-state index contributed by atoms with van der Waals surface area (Å²) >= 11 is 0. The maximum atomic E-state index is 10.3. The number of benzene rings is 1. The fourth-order valence-corrected chi connectivity index (χ4v) is 0.928. The summed E-state index contributed by atoms with van der Waals surface area (Å²) in [4.78, 5) is 10.3. The lowest BCUT2D eigenvalue weighted by Gasteiger charge is -1.92. The molecule has 0 heterocycles. The number of hydrogen-bond donors (Lipinski definition) is 0. The second kappa shape index (κ2) is 3.71. The van der Waals surface area contributed by atoms with E-state index < -0.39 is 0 Å². The van der Waals surface area contributed by atoms with Crippen LogP contribution in [0.15, 0.2) is 30.3 Å². The van der Waals surface area contributed by atoms with Crippen LogP contribution >= 0.6 is 0 Å². The van der Waals surface area contributed by atoms with Gasteiger partial charge in [0.1, 0.15) is 6.29 Å². The minimum absolute atomic E-state index is 0.723. The third-order valence-corrected chi connectivity index (χ3v) is 1.41. The van der Waals surface area contributed by atoms with Gasteiger partial charge in [0.05, 0.1) is 0 Å². The van der Waals surface area contributed by atoms with E-state index in [1.807, 2.05) is 37.3 Å². The van der Waals surface area contributed by atoms with Crippen LogP contribution in [0, 0.1) is 0 Å². The number of aldehydes is 1. The van der Waals surface area contributed by atoms with Crippen molar-refractivity contribution in [3.63, 3.8) is 0 Å². The van der Waals surface area contributed by atoms with E-state index in [-0.39, 0.29) is 0 Å². The molecular weight excluding hydrogens is 136 g/mol. The maximum absolute atomic E-state index is 10.3. The molecule has 0 N–H and O–H groups in total. The summed E-state index contributed by atoms with van der Waals surface area (Å²) in [7, 11) is 0. The number of allylic oxidation sites excluding steroid dienone is 1. The van der Waals surface area contributed by atoms with Crippen LogP contribution in [0.25, 0.3) is 6.08 Å². The van der Waals surface area contributed by atoms with Gasteiger partial charge in [0.25, 0.3) is 0 Å². The van der Waals surface area contributed by atoms with Crippen molar-refractivity contribution in [3.05, 3.63) is 41.5 Å². The Morgan fingerprint density at radius 3 is 2.64 bits per heavy atom. The van der Waals surface area contributed by atoms with E-state index in [4.69, 9.17) is 0 Å². The second-order valence-electron chi connectivity index (χ2n) is 2.29. The molecule has 1 aromatic rings. The molecule has 0 unspecified atom stereocenters. The zero-order chi connectivity index (χ0) is 8.10. The van der Waals surface area contributed by atoms with Gasteiger partial charge in [-0.3, -0.25) is 4.79 Å². The van der Waals surface area contributed by atoms with Crippen molar-refractivity contribution in [3.8, 4) is 0 Å². The fourth-order valence-electron chi connectivity index (χ4n) is 0.928. The standard InChI is InChI=1S/C10H10O/c1-2-4-9-5-3-6-10(7-9)8-11/h2-8H,1H3/b4-2+. The molecule has 0 aromatic heterocycles. The van der Waals surface area contributed by atoms with E-state index in [1.165, 1.54) is 0 Å². The first-order valence-electron chi connectivity index (χ1n) is 3.55. The normalized spacial score (nSPS) is 10.3. The molecule has 0 radical (unpaired) electrons. The third-order valence-electron chi connectivity index (χ3n) is 1.41. The Bertz CT molecular complexity index is 274. The molecule has 0 saturated heterocycles. The van der Waals surface area contributed by atoms with Crippen LogP contribution in [-0.2, 0) is 0 Å². The minimum Gasteiger partial charge on any atom is -0.298 e. The second-order valence-corrected chi connectivity index (χ2v) is 2.29. The molecule has 1 rings (SSSR count). The molecule has 0 aliphatic heterocycles. The van der Waals surface area contributed by atoms with Crippen LogP contribution < -0.4 is 0 Å². The summed E-state index contributed by atoms with van der Waals surface area (Å²) in [5.74, 6) is 0. The smallest absolute Gasteiger partial charge is 0.150 e. The number of carbonyl (C=O) groups excluding carboxylic acids is 1. The molecule has 0 saturated carbocycles. The van der Waals surface area contributed by atoms with Gasteiger partial charge in [0.15, 0.2) is 0 Å². The van der Waals surface area contributed by atoms with Crippen molar-refractivity contribution < 1.29 is 4.79 Å². The highest BCUT2D eigenvalue weighted by Gasteiger charge is 1.88. The Morgan fingerprint density at radius 1 is 1.27 bits per heavy atom. The van der Waals surface area contributed by atoms with Crippen LogP contribution in [0.5, 0.6) is 0 Å². The molecule has 1 heteroatoms. The van der Waals surface area contributed by atoms with Crippen molar-refractivity contribution in [1.29, 1.82) is 0 Å². The predicted octanol–water partition coefficient (Wildman–Crippen LogP) is 2.53. The van der Waals surface area contributed by atoms with Gasteiger partial charge in [-0.2, -0.15) is 0 Å². The average molecular weight is 146 g/mol. The molecule has 1 aromatic carbocycles. The Balaban J connectivity index is 3.00. The van der Waals surface area contributed by atoms with E-state index in [0.29, 0.717) is 0 Å². The van der Waals surface area contributed by atoms with E-state index in [2.05, 4.69) is 0 Å². The first-order chi connectivity index (χ1) is 5.36. The molecule has 11 heavy (non-hydrogen) atoms. The molecular formula is C10H10O. The summed E-state index contributed by atoms with van der Waals surface area (Å²) in [5.41, 5.74) is 1.79. The topological polar surface area (TPSA) is 17.1 Å². The van der Waals surface area contributed by atoms with Gasteiger partial charge in [0, 0.05) is 5.56 Å². The van der Waals surface area contributed by atoms with Crippen molar-refractivity contribution >= 4 is 12.4 Å². The Kier molecular flexibility index (Phi) is 2.61. The van der Waals surface area contributed by atoms with Crippen LogP contribution in [0.1, 0.15) is 22.8 Å². The highest BCUT2D eigenvalue weighted by atomic mass is 16.1. The van der Waals surface area contributed by atoms with Crippen LogP contribution in [0.4, 0.5) is 0 Å². The lowest BCUT2D eigenvalue weighted by Crippen LogP contribution is -1.79. The summed E-state index contributed by atoms with van der Waals surface area (Å²) in [6.07, 6.45) is 4.77. The van der Waals surface area contributed by atoms with Gasteiger partial charge in [-0.1, -0.05) is 30.4 Å². The van der Waals surface area contributed by atoms with Gasteiger partial charge in [-0.25, -0.2) is 0 Å². The lowest BCUT2D eigenvalue weighted by molar-refractivity contribution is 0.112. The van der Waals surface area contributed by atoms with Crippen molar-refractivity contribution in [1.82, 2.24) is 0 Å². The molecule has 0 atom stereocenters. The van der Waals surface area contributed by atoms with Crippen LogP contribution in [0.3, 0.4) is 0 Å². The molecule has 0 amide bonds. The summed E-state index contributed by atoms with van der Waals surface area (Å²) in [5, 5.41) is 0. The number of hydrogen-bond acceptors (Lipinski definition) is 1. The van der Waals surface area contributed by atoms with E-state index in [0.717, 1.165) is 17.4 Å². The molecule has 1 nitrogen and oxygen atoms in total. The summed E-state index contributed by atoms with van der Waals surface area (Å²) in [6, 6.07) is 7.49. The monoisotopic (exact) mass is 146 g/mol. The highest BCUT2D eigenvalue weighted by Crippen LogP contribution is 2.04. The Morgan fingerprint density at radius 2 is 2.00 bits per heavy atom. The van der Waals surface area contributed by atoms with Crippen LogP contribution in [0.2, 0.25) is 0 Å². The maximum Gasteiger partial charge on any atom is 0.150 e. The average Bonchev–Trinajstić information content (AvgIpc) is 2.06. The number of rotatable bonds is 2. The molecule has 0 spiro atoms. The first-order valence-corrected chi connectivity index (χ1v) is 3.55. The summed E-state index contributed by atoms with van der Waals surface area (Å²) in [6.45, 7) is 1.95. The first kappa shape index (κ1) is 7.73. The number of carbonyl (C=O) groups is 1. The molecule has 0 fully saturated rings.